The smallest absolute Gasteiger partial charge is 0.337 e. The normalized spacial score (nSPS) is 20.5. The molecule has 7 nitrogen and oxygen atoms in total. The van der Waals surface area contributed by atoms with Gasteiger partial charge in [-0.2, -0.15) is 0 Å². The largest absolute Gasteiger partial charge is 0.480 e. The summed E-state index contributed by atoms with van der Waals surface area (Å²) < 4.78 is 49.1. The number of fused-ring (bicyclic) bond motifs is 2. The third-order valence-corrected chi connectivity index (χ3v) is 9.17. The van der Waals surface area contributed by atoms with Crippen LogP contribution in [0.25, 0.3) is 16.9 Å². The first-order chi connectivity index (χ1) is 21.4. The summed E-state index contributed by atoms with van der Waals surface area (Å²) in [4.78, 5) is 19.5. The molecule has 7 rings (SSSR count). The van der Waals surface area contributed by atoms with Gasteiger partial charge in [0.15, 0.2) is 0 Å². The van der Waals surface area contributed by atoms with E-state index in [4.69, 9.17) is 30.8 Å². The summed E-state index contributed by atoms with van der Waals surface area (Å²) in [6.45, 7) is 3.72. The van der Waals surface area contributed by atoms with Crippen molar-refractivity contribution in [3.8, 4) is 5.75 Å². The van der Waals surface area contributed by atoms with Crippen molar-refractivity contribution in [1.29, 1.82) is 0 Å². The van der Waals surface area contributed by atoms with Gasteiger partial charge in [-0.3, -0.25) is 4.90 Å². The van der Waals surface area contributed by atoms with Crippen molar-refractivity contribution < 1.29 is 27.8 Å². The number of benzene rings is 3. The first-order valence-electron chi connectivity index (χ1n) is 14.9. The van der Waals surface area contributed by atoms with Crippen molar-refractivity contribution in [1.82, 2.24) is 14.5 Å². The Morgan fingerprint density at radius 3 is 2.61 bits per heavy atom. The van der Waals surface area contributed by atoms with Crippen LogP contribution in [-0.2, 0) is 22.6 Å². The second kappa shape index (κ2) is 12.0. The number of likely N-dealkylation sites (tertiary alicyclic amines) is 1. The molecule has 228 valence electrons. The zero-order chi connectivity index (χ0) is 30.4. The van der Waals surface area contributed by atoms with Gasteiger partial charge in [0, 0.05) is 17.2 Å². The highest BCUT2D eigenvalue weighted by atomic mass is 35.5. The summed E-state index contributed by atoms with van der Waals surface area (Å²) in [7, 11) is 1.38. The lowest BCUT2D eigenvalue weighted by molar-refractivity contribution is -0.0592. The highest BCUT2D eigenvalue weighted by Crippen LogP contribution is 2.45. The van der Waals surface area contributed by atoms with Gasteiger partial charge in [0.2, 0.25) is 0 Å². The van der Waals surface area contributed by atoms with Crippen molar-refractivity contribution in [3.05, 3.63) is 99.6 Å². The summed E-state index contributed by atoms with van der Waals surface area (Å²) in [6, 6.07) is 15.3. The van der Waals surface area contributed by atoms with E-state index < -0.39 is 17.7 Å². The van der Waals surface area contributed by atoms with Crippen LogP contribution in [0.15, 0.2) is 60.7 Å². The van der Waals surface area contributed by atoms with Crippen LogP contribution in [0.2, 0.25) is 5.02 Å². The standard InChI is InChI=1S/C34H32ClF2N3O4/c1-42-34(41)21-5-8-29-30(15-21)40(18-23-11-14-43-23)32(38-29)19-39-12-9-20(10-13-39)24-3-2-4-26-28(37)17-31(44-33(24)26)25-7-6-22(35)16-27(25)36/h2-8,15-17,20,23,31H,9-14,18-19H2,1H3/t23-,31?/m0/s1. The van der Waals surface area contributed by atoms with Crippen LogP contribution in [0.4, 0.5) is 8.78 Å². The Morgan fingerprint density at radius 1 is 1.07 bits per heavy atom. The number of carbonyl (C=O) groups excluding carboxylic acids is 1. The molecule has 10 heteroatoms. The molecular weight excluding hydrogens is 588 g/mol. The number of rotatable bonds is 7. The number of imidazole rings is 1. The van der Waals surface area contributed by atoms with E-state index in [0.717, 1.165) is 61.4 Å². The number of nitrogens with zero attached hydrogens (tertiary/aromatic N) is 3. The van der Waals surface area contributed by atoms with Crippen molar-refractivity contribution >= 4 is 34.4 Å². The Labute approximate surface area is 259 Å². The quantitative estimate of drug-likeness (QED) is 0.203. The fourth-order valence-electron chi connectivity index (χ4n) is 6.44. The van der Waals surface area contributed by atoms with E-state index in [1.165, 1.54) is 19.3 Å². The lowest BCUT2D eigenvalue weighted by atomic mass is 9.86. The summed E-state index contributed by atoms with van der Waals surface area (Å²) in [5, 5.41) is 0.275. The summed E-state index contributed by atoms with van der Waals surface area (Å²) in [5.74, 6) is 0.236. The molecule has 0 saturated carbocycles. The first kappa shape index (κ1) is 29.0. The maximum absolute atomic E-state index is 15.3. The molecule has 2 fully saturated rings. The van der Waals surface area contributed by atoms with E-state index in [0.29, 0.717) is 30.0 Å². The molecule has 0 N–H and O–H groups in total. The zero-order valence-corrected chi connectivity index (χ0v) is 25.0. The summed E-state index contributed by atoms with van der Waals surface area (Å²) >= 11 is 5.94. The van der Waals surface area contributed by atoms with E-state index in [2.05, 4.69) is 9.47 Å². The second-order valence-electron chi connectivity index (χ2n) is 11.6. The fourth-order valence-corrected chi connectivity index (χ4v) is 6.60. The molecule has 4 aromatic rings. The number of halogens is 3. The Hall–Kier alpha value is -3.79. The minimum Gasteiger partial charge on any atom is -0.480 e. The highest BCUT2D eigenvalue weighted by Gasteiger charge is 2.31. The van der Waals surface area contributed by atoms with Crippen LogP contribution in [-0.4, -0.2) is 53.3 Å². The van der Waals surface area contributed by atoms with Crippen LogP contribution in [0.3, 0.4) is 0 Å². The molecule has 1 unspecified atom stereocenters. The SMILES string of the molecule is COC(=O)c1ccc2nc(CN3CCC(c4cccc5c4OC(c4ccc(Cl)cc4F)C=C5F)CC3)n(C[C@@H]3CCO3)c2c1. The Bertz CT molecular complexity index is 1760. The lowest BCUT2D eigenvalue weighted by Crippen LogP contribution is -2.35. The van der Waals surface area contributed by atoms with Gasteiger partial charge in [-0.15, -0.1) is 0 Å². The van der Waals surface area contributed by atoms with E-state index >= 15 is 4.39 Å². The van der Waals surface area contributed by atoms with Gasteiger partial charge in [-0.1, -0.05) is 29.8 Å². The number of methoxy groups -OCH3 is 1. The molecule has 0 radical (unpaired) electrons. The predicted molar refractivity (Wildman–Crippen MR) is 163 cm³/mol. The highest BCUT2D eigenvalue weighted by molar-refractivity contribution is 6.30. The minimum atomic E-state index is -0.881. The number of hydrogen-bond donors (Lipinski definition) is 0. The van der Waals surface area contributed by atoms with Crippen LogP contribution < -0.4 is 4.74 Å². The Morgan fingerprint density at radius 2 is 1.89 bits per heavy atom. The maximum Gasteiger partial charge on any atom is 0.337 e. The number of aromatic nitrogens is 2. The molecular formula is C34H32ClF2N3O4. The van der Waals surface area contributed by atoms with Crippen LogP contribution in [0.5, 0.6) is 5.75 Å². The molecule has 2 atom stereocenters. The van der Waals surface area contributed by atoms with Crippen LogP contribution >= 0.6 is 11.6 Å². The third-order valence-electron chi connectivity index (χ3n) is 8.93. The molecule has 3 aromatic carbocycles. The number of carbonyl (C=O) groups is 1. The van der Waals surface area contributed by atoms with E-state index in [1.807, 2.05) is 24.3 Å². The van der Waals surface area contributed by atoms with Gasteiger partial charge < -0.3 is 18.8 Å². The molecule has 44 heavy (non-hydrogen) atoms. The fraction of sp³-hybridized carbons (Fsp3) is 0.353. The van der Waals surface area contributed by atoms with E-state index in [-0.39, 0.29) is 28.6 Å². The number of para-hydroxylation sites is 1. The van der Waals surface area contributed by atoms with Crippen molar-refractivity contribution in [2.45, 2.75) is 50.5 Å². The summed E-state index contributed by atoms with van der Waals surface area (Å²) in [6.07, 6.45) is 3.26. The van der Waals surface area contributed by atoms with Gasteiger partial charge in [-0.05, 0) is 86.3 Å². The molecule has 3 aliphatic rings. The first-order valence-corrected chi connectivity index (χ1v) is 15.3. The van der Waals surface area contributed by atoms with Gasteiger partial charge in [0.1, 0.15) is 29.3 Å². The maximum atomic E-state index is 15.3. The molecule has 3 aliphatic heterocycles. The number of esters is 1. The molecule has 0 aliphatic carbocycles. The second-order valence-corrected chi connectivity index (χ2v) is 12.0. The predicted octanol–water partition coefficient (Wildman–Crippen LogP) is 7.23. The molecule has 1 aromatic heterocycles. The molecule has 4 heterocycles. The Kier molecular flexibility index (Phi) is 7.86. The molecule has 0 bridgehead atoms. The van der Waals surface area contributed by atoms with Crippen molar-refractivity contribution in [2.24, 2.45) is 0 Å². The average molecular weight is 620 g/mol. The van der Waals surface area contributed by atoms with E-state index in [9.17, 15) is 9.18 Å². The molecule has 0 amide bonds. The van der Waals surface area contributed by atoms with Crippen LogP contribution in [0.1, 0.15) is 64.2 Å². The molecule has 2 saturated heterocycles. The zero-order valence-electron chi connectivity index (χ0n) is 24.3. The van der Waals surface area contributed by atoms with E-state index in [1.54, 1.807) is 24.3 Å². The monoisotopic (exact) mass is 619 g/mol. The van der Waals surface area contributed by atoms with Gasteiger partial charge in [0.25, 0.3) is 0 Å². The van der Waals surface area contributed by atoms with Gasteiger partial charge >= 0.3 is 5.97 Å². The van der Waals surface area contributed by atoms with Crippen molar-refractivity contribution in [2.75, 3.05) is 26.8 Å². The average Bonchev–Trinajstić information content (AvgIpc) is 3.34. The Balaban J connectivity index is 1.09. The minimum absolute atomic E-state index is 0.127. The number of piperidine rings is 1. The molecule has 0 spiro atoms. The number of ether oxygens (including phenoxy) is 3. The topological polar surface area (TPSA) is 65.8 Å². The number of hydrogen-bond acceptors (Lipinski definition) is 6. The lowest BCUT2D eigenvalue weighted by Gasteiger charge is -2.34. The summed E-state index contributed by atoms with van der Waals surface area (Å²) in [5.41, 5.74) is 3.79. The van der Waals surface area contributed by atoms with Crippen LogP contribution in [0, 0.1) is 5.82 Å². The van der Waals surface area contributed by atoms with Gasteiger partial charge in [0.05, 0.1) is 48.5 Å². The third kappa shape index (κ3) is 5.49. The van der Waals surface area contributed by atoms with Gasteiger partial charge in [-0.25, -0.2) is 18.6 Å². The van der Waals surface area contributed by atoms with Crippen molar-refractivity contribution in [3.63, 3.8) is 0 Å².